The number of hydrogen-bond acceptors (Lipinski definition) is 3. The van der Waals surface area contributed by atoms with Crippen molar-refractivity contribution in [1.82, 2.24) is 15.5 Å². The lowest BCUT2D eigenvalue weighted by atomic mass is 10.0. The van der Waals surface area contributed by atoms with Crippen LogP contribution in [0.25, 0.3) is 0 Å². The van der Waals surface area contributed by atoms with Crippen LogP contribution in [-0.2, 0) is 4.79 Å². The maximum atomic E-state index is 11.9. The van der Waals surface area contributed by atoms with Crippen molar-refractivity contribution in [2.75, 3.05) is 26.2 Å². The van der Waals surface area contributed by atoms with Crippen LogP contribution >= 0.6 is 0 Å². The Morgan fingerprint density at radius 1 is 1.41 bits per heavy atom. The van der Waals surface area contributed by atoms with Gasteiger partial charge in [0.25, 0.3) is 0 Å². The quantitative estimate of drug-likeness (QED) is 0.700. The lowest BCUT2D eigenvalue weighted by Crippen LogP contribution is -2.49. The van der Waals surface area contributed by atoms with Gasteiger partial charge in [-0.05, 0) is 32.2 Å². The summed E-state index contributed by atoms with van der Waals surface area (Å²) in [6, 6.07) is 0.423. The van der Waals surface area contributed by atoms with Gasteiger partial charge in [0.2, 0.25) is 5.91 Å². The molecule has 0 spiro atoms. The van der Waals surface area contributed by atoms with E-state index in [-0.39, 0.29) is 11.9 Å². The zero-order valence-electron chi connectivity index (χ0n) is 10.5. The van der Waals surface area contributed by atoms with Crippen LogP contribution in [0.4, 0.5) is 0 Å². The van der Waals surface area contributed by atoms with E-state index in [1.54, 1.807) is 0 Å². The Balaban J connectivity index is 1.70. The monoisotopic (exact) mass is 237 g/mol. The Kier molecular flexibility index (Phi) is 4.57. The molecule has 2 aliphatic rings. The van der Waals surface area contributed by atoms with Gasteiger partial charge < -0.3 is 10.6 Å². The number of carbonyl (C=O) groups is 1. The molecular formula is C13H23N3O. The maximum absolute atomic E-state index is 11.9. The van der Waals surface area contributed by atoms with Gasteiger partial charge in [-0.1, -0.05) is 6.08 Å². The molecule has 1 unspecified atom stereocenters. The number of likely N-dealkylation sites (tertiary alicyclic amines) is 1. The van der Waals surface area contributed by atoms with E-state index in [4.69, 9.17) is 0 Å². The number of hydrogen-bond donors (Lipinski definition) is 2. The van der Waals surface area contributed by atoms with E-state index >= 15 is 0 Å². The lowest BCUT2D eigenvalue weighted by molar-refractivity contribution is -0.123. The largest absolute Gasteiger partial charge is 0.352 e. The molecule has 2 N–H and O–H groups in total. The zero-order valence-corrected chi connectivity index (χ0v) is 10.5. The molecule has 0 aliphatic carbocycles. The van der Waals surface area contributed by atoms with Gasteiger partial charge in [-0.15, -0.1) is 6.58 Å². The predicted molar refractivity (Wildman–Crippen MR) is 68.8 cm³/mol. The second-order valence-corrected chi connectivity index (χ2v) is 5.02. The van der Waals surface area contributed by atoms with E-state index in [9.17, 15) is 4.79 Å². The standard InChI is InChI=1S/C13H23N3O/c1-2-8-16-9-5-11(6-10-16)15-13(17)12-4-3-7-14-12/h2,11-12,14H,1,3-10H2,(H,15,17). The molecule has 1 atom stereocenters. The summed E-state index contributed by atoms with van der Waals surface area (Å²) in [4.78, 5) is 14.3. The van der Waals surface area contributed by atoms with Crippen LogP contribution in [0.5, 0.6) is 0 Å². The topological polar surface area (TPSA) is 44.4 Å². The fourth-order valence-electron chi connectivity index (χ4n) is 2.65. The zero-order chi connectivity index (χ0) is 12.1. The highest BCUT2D eigenvalue weighted by atomic mass is 16.2. The van der Waals surface area contributed by atoms with Crippen LogP contribution in [0.15, 0.2) is 12.7 Å². The Hall–Kier alpha value is -0.870. The third-order valence-corrected chi connectivity index (χ3v) is 3.70. The fraction of sp³-hybridized carbons (Fsp3) is 0.769. The SMILES string of the molecule is C=CCN1CCC(NC(=O)C2CCCN2)CC1. The van der Waals surface area contributed by atoms with Crippen LogP contribution < -0.4 is 10.6 Å². The fourth-order valence-corrected chi connectivity index (χ4v) is 2.65. The van der Waals surface area contributed by atoms with Crippen molar-refractivity contribution >= 4 is 5.91 Å². The van der Waals surface area contributed by atoms with Crippen LogP contribution in [0, 0.1) is 0 Å². The van der Waals surface area contributed by atoms with Gasteiger partial charge in [0.1, 0.15) is 0 Å². The average molecular weight is 237 g/mol. The van der Waals surface area contributed by atoms with Gasteiger partial charge in [-0.2, -0.15) is 0 Å². The molecule has 2 heterocycles. The summed E-state index contributed by atoms with van der Waals surface area (Å²) in [5, 5.41) is 6.41. The van der Waals surface area contributed by atoms with Gasteiger partial charge in [0.15, 0.2) is 0 Å². The number of nitrogens with zero attached hydrogens (tertiary/aromatic N) is 1. The Bertz CT molecular complexity index is 266. The molecule has 2 rings (SSSR count). The van der Waals surface area contributed by atoms with E-state index in [1.807, 2.05) is 6.08 Å². The summed E-state index contributed by atoms with van der Waals surface area (Å²) in [5.41, 5.74) is 0. The van der Waals surface area contributed by atoms with E-state index in [0.717, 1.165) is 51.9 Å². The summed E-state index contributed by atoms with van der Waals surface area (Å²) in [6.07, 6.45) is 6.18. The minimum atomic E-state index is 0.0567. The molecule has 1 amide bonds. The molecule has 0 bridgehead atoms. The van der Waals surface area contributed by atoms with Crippen LogP contribution in [-0.4, -0.2) is 49.1 Å². The molecule has 2 aliphatic heterocycles. The predicted octanol–water partition coefficient (Wildman–Crippen LogP) is 0.505. The van der Waals surface area contributed by atoms with Crippen molar-refractivity contribution in [3.05, 3.63) is 12.7 Å². The molecule has 4 nitrogen and oxygen atoms in total. The number of nitrogens with one attached hydrogen (secondary N) is 2. The van der Waals surface area contributed by atoms with Gasteiger partial charge >= 0.3 is 0 Å². The van der Waals surface area contributed by atoms with Gasteiger partial charge in [-0.25, -0.2) is 0 Å². The molecule has 17 heavy (non-hydrogen) atoms. The second kappa shape index (κ2) is 6.17. The van der Waals surface area contributed by atoms with Crippen molar-refractivity contribution in [2.24, 2.45) is 0 Å². The third-order valence-electron chi connectivity index (χ3n) is 3.70. The molecule has 0 aromatic heterocycles. The van der Waals surface area contributed by atoms with Crippen molar-refractivity contribution in [2.45, 2.75) is 37.8 Å². The molecule has 0 radical (unpaired) electrons. The smallest absolute Gasteiger partial charge is 0.237 e. The highest BCUT2D eigenvalue weighted by molar-refractivity contribution is 5.82. The summed E-state index contributed by atoms with van der Waals surface area (Å²) in [5.74, 6) is 0.199. The first-order valence-corrected chi connectivity index (χ1v) is 6.66. The highest BCUT2D eigenvalue weighted by Gasteiger charge is 2.25. The van der Waals surface area contributed by atoms with Crippen molar-refractivity contribution in [3.8, 4) is 0 Å². The van der Waals surface area contributed by atoms with Crippen LogP contribution in [0.3, 0.4) is 0 Å². The normalized spacial score (nSPS) is 26.9. The van der Waals surface area contributed by atoms with E-state index in [0.29, 0.717) is 6.04 Å². The second-order valence-electron chi connectivity index (χ2n) is 5.02. The molecule has 4 heteroatoms. The lowest BCUT2D eigenvalue weighted by Gasteiger charge is -2.32. The number of amides is 1. The highest BCUT2D eigenvalue weighted by Crippen LogP contribution is 2.11. The number of rotatable bonds is 4. The molecule has 96 valence electrons. The number of piperidine rings is 1. The molecule has 2 saturated heterocycles. The first kappa shape index (κ1) is 12.6. The van der Waals surface area contributed by atoms with Gasteiger partial charge in [0, 0.05) is 25.7 Å². The molecule has 0 aromatic rings. The van der Waals surface area contributed by atoms with Crippen molar-refractivity contribution in [1.29, 1.82) is 0 Å². The van der Waals surface area contributed by atoms with Gasteiger partial charge in [0.05, 0.1) is 6.04 Å². The first-order valence-electron chi connectivity index (χ1n) is 6.66. The molecule has 0 saturated carbocycles. The molecule has 0 aromatic carbocycles. The van der Waals surface area contributed by atoms with Crippen molar-refractivity contribution < 1.29 is 4.79 Å². The van der Waals surface area contributed by atoms with E-state index in [2.05, 4.69) is 22.1 Å². The molecule has 2 fully saturated rings. The van der Waals surface area contributed by atoms with Crippen molar-refractivity contribution in [3.63, 3.8) is 0 Å². The number of carbonyl (C=O) groups excluding carboxylic acids is 1. The minimum Gasteiger partial charge on any atom is -0.352 e. The Morgan fingerprint density at radius 2 is 2.18 bits per heavy atom. The maximum Gasteiger partial charge on any atom is 0.237 e. The van der Waals surface area contributed by atoms with Crippen LogP contribution in [0.1, 0.15) is 25.7 Å². The Morgan fingerprint density at radius 3 is 2.76 bits per heavy atom. The Labute approximate surface area is 103 Å². The van der Waals surface area contributed by atoms with E-state index < -0.39 is 0 Å². The van der Waals surface area contributed by atoms with Gasteiger partial charge in [-0.3, -0.25) is 9.69 Å². The summed E-state index contributed by atoms with van der Waals surface area (Å²) in [6.45, 7) is 7.83. The average Bonchev–Trinajstić information content (AvgIpc) is 2.86. The first-order chi connectivity index (χ1) is 8.29. The summed E-state index contributed by atoms with van der Waals surface area (Å²) in [7, 11) is 0. The minimum absolute atomic E-state index is 0.0567. The third kappa shape index (κ3) is 3.54. The molecular weight excluding hydrogens is 214 g/mol. The summed E-state index contributed by atoms with van der Waals surface area (Å²) >= 11 is 0. The summed E-state index contributed by atoms with van der Waals surface area (Å²) < 4.78 is 0. The van der Waals surface area contributed by atoms with Crippen LogP contribution in [0.2, 0.25) is 0 Å². The van der Waals surface area contributed by atoms with E-state index in [1.165, 1.54) is 0 Å².